The van der Waals surface area contributed by atoms with Crippen LogP contribution in [0.15, 0.2) is 18.2 Å². The molecular formula is C19H20Cl2N4O3. The smallest absolute Gasteiger partial charge is 0.407 e. The van der Waals surface area contributed by atoms with Crippen LogP contribution in [0.5, 0.6) is 0 Å². The SMILES string of the molecule is O=C(O)N1C[C@@H]2C[C@H]1C[C@H]2OCc1c(-c2c(Cl)cccc2Cl)nnn1C1CC1. The summed E-state index contributed by atoms with van der Waals surface area (Å²) in [5.41, 5.74) is 2.23. The molecule has 1 aromatic carbocycles. The van der Waals surface area contributed by atoms with Crippen LogP contribution < -0.4 is 0 Å². The fraction of sp³-hybridized carbons (Fsp3) is 0.526. The highest BCUT2D eigenvalue weighted by molar-refractivity contribution is 6.39. The molecule has 148 valence electrons. The Morgan fingerprint density at radius 3 is 2.57 bits per heavy atom. The third kappa shape index (κ3) is 3.06. The molecule has 1 amide bonds. The first-order chi connectivity index (χ1) is 13.5. The molecule has 3 atom stereocenters. The maximum Gasteiger partial charge on any atom is 0.407 e. The number of rotatable bonds is 5. The lowest BCUT2D eigenvalue weighted by Crippen LogP contribution is -2.41. The van der Waals surface area contributed by atoms with E-state index in [0.29, 0.717) is 40.5 Å². The first-order valence-corrected chi connectivity index (χ1v) is 10.3. The number of fused-ring (bicyclic) bond motifs is 2. The average molecular weight is 423 g/mol. The molecule has 2 saturated carbocycles. The first kappa shape index (κ1) is 18.2. The molecule has 2 heterocycles. The van der Waals surface area contributed by atoms with Gasteiger partial charge in [0.2, 0.25) is 0 Å². The van der Waals surface area contributed by atoms with Gasteiger partial charge in [-0.25, -0.2) is 9.48 Å². The zero-order valence-corrected chi connectivity index (χ0v) is 16.6. The van der Waals surface area contributed by atoms with Crippen molar-refractivity contribution in [2.75, 3.05) is 6.54 Å². The van der Waals surface area contributed by atoms with Crippen molar-refractivity contribution in [1.82, 2.24) is 19.9 Å². The van der Waals surface area contributed by atoms with Crippen molar-refractivity contribution in [3.8, 4) is 11.3 Å². The topological polar surface area (TPSA) is 80.5 Å². The number of carboxylic acid groups (broad SMARTS) is 1. The van der Waals surface area contributed by atoms with Gasteiger partial charge >= 0.3 is 6.09 Å². The standard InChI is InChI=1S/C19H20Cl2N4O3/c20-13-2-1-3-14(21)17(13)18-15(25(23-22-18)11-4-5-11)9-28-16-7-12-6-10(16)8-24(12)19(26)27/h1-3,10-12,16H,4-9H2,(H,26,27)/t10-,12-,16+/m0/s1. The Kier molecular flexibility index (Phi) is 4.49. The number of aromatic nitrogens is 3. The van der Waals surface area contributed by atoms with E-state index in [4.69, 9.17) is 27.9 Å². The van der Waals surface area contributed by atoms with Crippen LogP contribution in [0, 0.1) is 5.92 Å². The molecule has 3 fully saturated rings. The fourth-order valence-electron chi connectivity index (χ4n) is 4.51. The monoisotopic (exact) mass is 422 g/mol. The van der Waals surface area contributed by atoms with Gasteiger partial charge in [-0.3, -0.25) is 0 Å². The summed E-state index contributed by atoms with van der Waals surface area (Å²) in [6.07, 6.45) is 2.99. The summed E-state index contributed by atoms with van der Waals surface area (Å²) in [5, 5.41) is 19.1. The van der Waals surface area contributed by atoms with Crippen molar-refractivity contribution in [3.63, 3.8) is 0 Å². The van der Waals surface area contributed by atoms with E-state index in [-0.39, 0.29) is 18.1 Å². The van der Waals surface area contributed by atoms with Crippen molar-refractivity contribution in [1.29, 1.82) is 0 Å². The van der Waals surface area contributed by atoms with Crippen molar-refractivity contribution >= 4 is 29.3 Å². The molecule has 2 aliphatic carbocycles. The summed E-state index contributed by atoms with van der Waals surface area (Å²) >= 11 is 12.8. The predicted octanol–water partition coefficient (Wildman–Crippen LogP) is 4.24. The van der Waals surface area contributed by atoms with Crippen LogP contribution in [0.4, 0.5) is 4.79 Å². The molecule has 1 N–H and O–H groups in total. The Hall–Kier alpha value is -1.83. The second-order valence-corrected chi connectivity index (χ2v) is 8.64. The van der Waals surface area contributed by atoms with Gasteiger partial charge in [0.25, 0.3) is 0 Å². The highest BCUT2D eigenvalue weighted by Crippen LogP contribution is 2.42. The Labute approximate surface area is 172 Å². The molecule has 2 aromatic rings. The zero-order valence-electron chi connectivity index (χ0n) is 15.1. The van der Waals surface area contributed by atoms with Gasteiger partial charge in [0.1, 0.15) is 5.69 Å². The highest BCUT2D eigenvalue weighted by atomic mass is 35.5. The van der Waals surface area contributed by atoms with Crippen molar-refractivity contribution < 1.29 is 14.6 Å². The van der Waals surface area contributed by atoms with Gasteiger partial charge in [-0.05, 0) is 37.8 Å². The van der Waals surface area contributed by atoms with Crippen molar-refractivity contribution in [2.24, 2.45) is 5.92 Å². The third-order valence-corrected chi connectivity index (χ3v) is 6.67. The normalized spacial score (nSPS) is 26.2. The number of benzene rings is 1. The summed E-state index contributed by atoms with van der Waals surface area (Å²) in [6.45, 7) is 0.912. The van der Waals surface area contributed by atoms with E-state index in [1.54, 1.807) is 18.2 Å². The Balaban J connectivity index is 1.38. The second kappa shape index (κ2) is 6.90. The molecule has 9 heteroatoms. The molecule has 1 aliphatic heterocycles. The summed E-state index contributed by atoms with van der Waals surface area (Å²) in [4.78, 5) is 12.8. The minimum atomic E-state index is -0.836. The number of nitrogens with zero attached hydrogens (tertiary/aromatic N) is 4. The van der Waals surface area contributed by atoms with Gasteiger partial charge in [0.05, 0.1) is 34.5 Å². The lowest BCUT2D eigenvalue weighted by molar-refractivity contribution is -0.0100. The van der Waals surface area contributed by atoms with Crippen molar-refractivity contribution in [3.05, 3.63) is 33.9 Å². The quantitative estimate of drug-likeness (QED) is 0.778. The molecule has 0 unspecified atom stereocenters. The van der Waals surface area contributed by atoms with E-state index in [0.717, 1.165) is 31.4 Å². The molecule has 5 rings (SSSR count). The molecule has 1 saturated heterocycles. The molecular weight excluding hydrogens is 403 g/mol. The first-order valence-electron chi connectivity index (χ1n) is 9.52. The van der Waals surface area contributed by atoms with E-state index in [2.05, 4.69) is 10.3 Å². The highest BCUT2D eigenvalue weighted by Gasteiger charge is 2.47. The zero-order chi connectivity index (χ0) is 19.4. The van der Waals surface area contributed by atoms with Gasteiger partial charge in [-0.1, -0.05) is 34.5 Å². The number of piperidine rings is 1. The van der Waals surface area contributed by atoms with Crippen LogP contribution in [-0.4, -0.2) is 49.8 Å². The van der Waals surface area contributed by atoms with Gasteiger partial charge in [0, 0.05) is 24.1 Å². The van der Waals surface area contributed by atoms with Gasteiger partial charge < -0.3 is 14.7 Å². The molecule has 1 aromatic heterocycles. The lowest BCUT2D eigenvalue weighted by atomic mass is 10.1. The van der Waals surface area contributed by atoms with E-state index < -0.39 is 6.09 Å². The Morgan fingerprint density at radius 2 is 1.96 bits per heavy atom. The largest absolute Gasteiger partial charge is 0.465 e. The number of hydrogen-bond donors (Lipinski definition) is 1. The van der Waals surface area contributed by atoms with Crippen LogP contribution in [0.2, 0.25) is 10.0 Å². The van der Waals surface area contributed by atoms with Crippen LogP contribution in [-0.2, 0) is 11.3 Å². The van der Waals surface area contributed by atoms with E-state index in [1.165, 1.54) is 4.90 Å². The number of halogens is 2. The van der Waals surface area contributed by atoms with Crippen LogP contribution >= 0.6 is 23.2 Å². The number of hydrogen-bond acceptors (Lipinski definition) is 4. The number of carbonyl (C=O) groups is 1. The summed E-state index contributed by atoms with van der Waals surface area (Å²) in [6, 6.07) is 5.80. The van der Waals surface area contributed by atoms with Gasteiger partial charge in [0.15, 0.2) is 0 Å². The van der Waals surface area contributed by atoms with E-state index in [9.17, 15) is 9.90 Å². The van der Waals surface area contributed by atoms with Crippen molar-refractivity contribution in [2.45, 2.75) is 50.5 Å². The summed E-state index contributed by atoms with van der Waals surface area (Å²) < 4.78 is 8.20. The maximum atomic E-state index is 11.3. The summed E-state index contributed by atoms with van der Waals surface area (Å²) in [5.74, 6) is 0.249. The fourth-order valence-corrected chi connectivity index (χ4v) is 5.09. The molecule has 7 nitrogen and oxygen atoms in total. The number of ether oxygens (including phenoxy) is 1. The number of amides is 1. The van der Waals surface area contributed by atoms with E-state index in [1.807, 2.05) is 4.68 Å². The van der Waals surface area contributed by atoms with E-state index >= 15 is 0 Å². The molecule has 0 radical (unpaired) electrons. The Morgan fingerprint density at radius 1 is 1.21 bits per heavy atom. The van der Waals surface area contributed by atoms with Crippen LogP contribution in [0.25, 0.3) is 11.3 Å². The molecule has 0 spiro atoms. The minimum Gasteiger partial charge on any atom is -0.465 e. The van der Waals surface area contributed by atoms with Crippen LogP contribution in [0.3, 0.4) is 0 Å². The third-order valence-electron chi connectivity index (χ3n) is 6.04. The molecule has 3 aliphatic rings. The molecule has 2 bridgehead atoms. The summed E-state index contributed by atoms with van der Waals surface area (Å²) in [7, 11) is 0. The average Bonchev–Trinajstić information content (AvgIpc) is 3.11. The second-order valence-electron chi connectivity index (χ2n) is 7.83. The lowest BCUT2D eigenvalue weighted by Gasteiger charge is -2.29. The Bertz CT molecular complexity index is 910. The predicted molar refractivity (Wildman–Crippen MR) is 104 cm³/mol. The maximum absolute atomic E-state index is 11.3. The van der Waals surface area contributed by atoms with Gasteiger partial charge in [-0.2, -0.15) is 0 Å². The van der Waals surface area contributed by atoms with Gasteiger partial charge in [-0.15, -0.1) is 5.10 Å². The number of likely N-dealkylation sites (tertiary alicyclic amines) is 1. The minimum absolute atomic E-state index is 0.0534. The molecule has 28 heavy (non-hydrogen) atoms. The van der Waals surface area contributed by atoms with Crippen LogP contribution in [0.1, 0.15) is 37.4 Å².